The summed E-state index contributed by atoms with van der Waals surface area (Å²) in [5.74, 6) is 0. The van der Waals surface area contributed by atoms with Gasteiger partial charge in [-0.15, -0.1) is 0 Å². The molecule has 9 heteroatoms. The third kappa shape index (κ3) is 4.70. The Hall–Kier alpha value is -4.66. The molecule has 0 fully saturated rings. The average molecular weight is 474 g/mol. The van der Waals surface area contributed by atoms with Crippen LogP contribution in [0.15, 0.2) is 105 Å². The average Bonchev–Trinajstić information content (AvgIpc) is 3.28. The molecule has 5 aromatic rings. The zero-order chi connectivity index (χ0) is 24.4. The van der Waals surface area contributed by atoms with E-state index in [1.165, 1.54) is 18.3 Å². The second-order valence-corrected chi connectivity index (χ2v) is 7.64. The van der Waals surface area contributed by atoms with E-state index < -0.39 is 17.4 Å². The van der Waals surface area contributed by atoms with E-state index in [2.05, 4.69) is 15.6 Å². The molecule has 0 spiro atoms. The predicted molar refractivity (Wildman–Crippen MR) is 128 cm³/mol. The molecule has 0 bridgehead atoms. The molecule has 5 rings (SSSR count). The van der Waals surface area contributed by atoms with Gasteiger partial charge in [-0.2, -0.15) is 23.4 Å². The first kappa shape index (κ1) is 22.1. The number of alkyl halides is 3. The fourth-order valence-corrected chi connectivity index (χ4v) is 3.54. The molecule has 2 heterocycles. The van der Waals surface area contributed by atoms with Crippen molar-refractivity contribution in [1.82, 2.24) is 9.78 Å². The van der Waals surface area contributed by atoms with Crippen LogP contribution in [0.4, 0.5) is 18.9 Å². The molecule has 0 saturated carbocycles. The van der Waals surface area contributed by atoms with E-state index >= 15 is 0 Å². The number of nitrogens with one attached hydrogen (secondary N) is 1. The lowest BCUT2D eigenvalue weighted by molar-refractivity contribution is -0.137. The van der Waals surface area contributed by atoms with Gasteiger partial charge in [0.15, 0.2) is 0 Å². The molecule has 0 radical (unpaired) electrons. The predicted octanol–water partition coefficient (Wildman–Crippen LogP) is 6.11. The minimum Gasteiger partial charge on any atom is -0.422 e. The Labute approximate surface area is 196 Å². The molecule has 174 valence electrons. The number of benzene rings is 3. The quantitative estimate of drug-likeness (QED) is 0.190. The van der Waals surface area contributed by atoms with E-state index in [9.17, 15) is 18.0 Å². The van der Waals surface area contributed by atoms with Gasteiger partial charge in [-0.3, -0.25) is 5.43 Å². The van der Waals surface area contributed by atoms with Crippen molar-refractivity contribution in [3.8, 4) is 16.9 Å². The lowest BCUT2D eigenvalue weighted by Crippen LogP contribution is -2.05. The van der Waals surface area contributed by atoms with Crippen molar-refractivity contribution >= 4 is 22.9 Å². The van der Waals surface area contributed by atoms with Crippen LogP contribution >= 0.6 is 0 Å². The summed E-state index contributed by atoms with van der Waals surface area (Å²) in [6.07, 6.45) is -1.25. The van der Waals surface area contributed by atoms with Gasteiger partial charge < -0.3 is 4.42 Å². The highest BCUT2D eigenvalue weighted by Crippen LogP contribution is 2.30. The van der Waals surface area contributed by atoms with Gasteiger partial charge in [0.05, 0.1) is 28.7 Å². The molecule has 0 aliphatic rings. The van der Waals surface area contributed by atoms with Gasteiger partial charge in [-0.05, 0) is 48.5 Å². The zero-order valence-corrected chi connectivity index (χ0v) is 18.0. The van der Waals surface area contributed by atoms with Gasteiger partial charge in [-0.25, -0.2) is 9.48 Å². The van der Waals surface area contributed by atoms with E-state index in [0.717, 1.165) is 23.2 Å². The van der Waals surface area contributed by atoms with Crippen LogP contribution < -0.4 is 11.1 Å². The largest absolute Gasteiger partial charge is 0.422 e. The first-order chi connectivity index (χ1) is 16.9. The summed E-state index contributed by atoms with van der Waals surface area (Å²) in [4.78, 5) is 12.8. The summed E-state index contributed by atoms with van der Waals surface area (Å²) in [6.45, 7) is 0. The first-order valence-corrected chi connectivity index (χ1v) is 10.5. The molecule has 0 unspecified atom stereocenters. The van der Waals surface area contributed by atoms with Crippen molar-refractivity contribution in [3.63, 3.8) is 0 Å². The zero-order valence-electron chi connectivity index (χ0n) is 18.0. The van der Waals surface area contributed by atoms with Crippen LogP contribution in [0.3, 0.4) is 0 Å². The molecule has 0 saturated heterocycles. The second kappa shape index (κ2) is 8.94. The van der Waals surface area contributed by atoms with E-state index in [1.807, 2.05) is 42.5 Å². The summed E-state index contributed by atoms with van der Waals surface area (Å²) in [7, 11) is 0. The highest BCUT2D eigenvalue weighted by atomic mass is 19.4. The molecule has 35 heavy (non-hydrogen) atoms. The number of hydrazone groups is 1. The number of fused-ring (bicyclic) bond motifs is 1. The van der Waals surface area contributed by atoms with E-state index in [-0.39, 0.29) is 5.56 Å². The Morgan fingerprint density at radius 1 is 0.943 bits per heavy atom. The topological polar surface area (TPSA) is 72.4 Å². The standard InChI is InChI=1S/C26H17F3N4O2/c27-26(28,29)19-10-12-20(13-11-19)31-30-15-18-16-33(21-7-2-1-3-8-21)32-24(18)22-14-17-6-4-5-9-23(17)35-25(22)34/h1-16,31H. The molecule has 0 atom stereocenters. The fraction of sp³-hybridized carbons (Fsp3) is 0.0385. The van der Waals surface area contributed by atoms with Crippen LogP contribution in [0, 0.1) is 0 Å². The monoisotopic (exact) mass is 474 g/mol. The summed E-state index contributed by atoms with van der Waals surface area (Å²) < 4.78 is 45.4. The van der Waals surface area contributed by atoms with Gasteiger partial charge in [-0.1, -0.05) is 36.4 Å². The molecular weight excluding hydrogens is 457 g/mol. The van der Waals surface area contributed by atoms with Gasteiger partial charge in [0.25, 0.3) is 0 Å². The second-order valence-electron chi connectivity index (χ2n) is 7.64. The van der Waals surface area contributed by atoms with E-state index in [4.69, 9.17) is 4.42 Å². The highest BCUT2D eigenvalue weighted by Gasteiger charge is 2.29. The Balaban J connectivity index is 1.52. The van der Waals surface area contributed by atoms with Crippen LogP contribution in [-0.4, -0.2) is 16.0 Å². The molecule has 0 aliphatic heterocycles. The Morgan fingerprint density at radius 2 is 1.66 bits per heavy atom. The van der Waals surface area contributed by atoms with Gasteiger partial charge in [0.1, 0.15) is 11.3 Å². The van der Waals surface area contributed by atoms with Crippen LogP contribution in [0.1, 0.15) is 11.1 Å². The smallest absolute Gasteiger partial charge is 0.416 e. The number of aromatic nitrogens is 2. The van der Waals surface area contributed by atoms with E-state index in [1.54, 1.807) is 29.1 Å². The molecule has 6 nitrogen and oxygen atoms in total. The third-order valence-electron chi connectivity index (χ3n) is 5.27. The number of hydrogen-bond acceptors (Lipinski definition) is 5. The Morgan fingerprint density at radius 3 is 2.40 bits per heavy atom. The first-order valence-electron chi connectivity index (χ1n) is 10.5. The third-order valence-corrected chi connectivity index (χ3v) is 5.27. The summed E-state index contributed by atoms with van der Waals surface area (Å²) >= 11 is 0. The van der Waals surface area contributed by atoms with Gasteiger partial charge in [0, 0.05) is 17.1 Å². The lowest BCUT2D eigenvalue weighted by Gasteiger charge is -2.07. The van der Waals surface area contributed by atoms with Crippen molar-refractivity contribution in [2.45, 2.75) is 6.18 Å². The maximum atomic E-state index is 12.8. The molecule has 0 amide bonds. The minimum absolute atomic E-state index is 0.259. The van der Waals surface area contributed by atoms with E-state index in [0.29, 0.717) is 22.5 Å². The number of para-hydroxylation sites is 2. The maximum absolute atomic E-state index is 12.8. The molecular formula is C26H17F3N4O2. The summed E-state index contributed by atoms with van der Waals surface area (Å²) in [6, 6.07) is 22.7. The van der Waals surface area contributed by atoms with Crippen molar-refractivity contribution in [1.29, 1.82) is 0 Å². The van der Waals surface area contributed by atoms with Crippen LogP contribution in [0.25, 0.3) is 27.9 Å². The Bertz CT molecular complexity index is 1570. The lowest BCUT2D eigenvalue weighted by atomic mass is 10.1. The van der Waals surface area contributed by atoms with Gasteiger partial charge >= 0.3 is 11.8 Å². The normalized spacial score (nSPS) is 11.9. The maximum Gasteiger partial charge on any atom is 0.416 e. The number of hydrogen-bond donors (Lipinski definition) is 1. The van der Waals surface area contributed by atoms with Crippen molar-refractivity contribution < 1.29 is 17.6 Å². The SMILES string of the molecule is O=c1oc2ccccc2cc1-c1nn(-c2ccccc2)cc1C=NNc1ccc(C(F)(F)F)cc1. The van der Waals surface area contributed by atoms with Crippen LogP contribution in [0.2, 0.25) is 0 Å². The molecule has 3 aromatic carbocycles. The number of nitrogens with zero attached hydrogens (tertiary/aromatic N) is 3. The summed E-state index contributed by atoms with van der Waals surface area (Å²) in [5.41, 5.74) is 4.14. The van der Waals surface area contributed by atoms with Crippen molar-refractivity contribution in [2.24, 2.45) is 5.10 Å². The van der Waals surface area contributed by atoms with Crippen LogP contribution in [0.5, 0.6) is 0 Å². The molecule has 2 aromatic heterocycles. The molecule has 1 N–H and O–H groups in total. The fourth-order valence-electron chi connectivity index (χ4n) is 3.54. The van der Waals surface area contributed by atoms with Crippen molar-refractivity contribution in [3.05, 3.63) is 113 Å². The van der Waals surface area contributed by atoms with Gasteiger partial charge in [0.2, 0.25) is 0 Å². The summed E-state index contributed by atoms with van der Waals surface area (Å²) in [5, 5.41) is 9.48. The number of anilines is 1. The van der Waals surface area contributed by atoms with Crippen molar-refractivity contribution in [2.75, 3.05) is 5.43 Å². The minimum atomic E-state index is -4.41. The Kier molecular flexibility index (Phi) is 5.66. The molecule has 0 aliphatic carbocycles. The van der Waals surface area contributed by atoms with Crippen LogP contribution in [-0.2, 0) is 6.18 Å². The number of rotatable bonds is 5. The highest BCUT2D eigenvalue weighted by molar-refractivity contribution is 5.91. The number of halogens is 3.